The molecule has 0 aromatic heterocycles. The van der Waals surface area contributed by atoms with Crippen LogP contribution < -0.4 is 9.47 Å². The first-order valence-corrected chi connectivity index (χ1v) is 16.1. The lowest BCUT2D eigenvalue weighted by molar-refractivity contribution is -0.124. The molecule has 2 aliphatic carbocycles. The highest BCUT2D eigenvalue weighted by Crippen LogP contribution is 2.42. The Balaban J connectivity index is 0.00000506. The number of ketones is 1. The van der Waals surface area contributed by atoms with Crippen molar-refractivity contribution < 1.29 is 15.7 Å². The van der Waals surface area contributed by atoms with Gasteiger partial charge in [0.1, 0.15) is 17.3 Å². The first-order chi connectivity index (χ1) is 20.2. The van der Waals surface area contributed by atoms with Gasteiger partial charge in [0.15, 0.2) is 0 Å². The molecule has 3 atom stereocenters. The summed E-state index contributed by atoms with van der Waals surface area (Å²) in [5.41, 5.74) is 9.82. The molecule has 2 aromatic rings. The summed E-state index contributed by atoms with van der Waals surface area (Å²) < 4.78 is 11.3. The number of carbonyl (C=O) groups excluding carboxylic acids is 1. The van der Waals surface area contributed by atoms with Crippen molar-refractivity contribution in [2.45, 2.75) is 92.9 Å². The van der Waals surface area contributed by atoms with E-state index in [1.165, 1.54) is 53.5 Å². The van der Waals surface area contributed by atoms with Gasteiger partial charge in [-0.2, -0.15) is 0 Å². The number of rotatable bonds is 11. The van der Waals surface area contributed by atoms with Crippen molar-refractivity contribution in [2.75, 3.05) is 14.2 Å². The van der Waals surface area contributed by atoms with Gasteiger partial charge in [-0.05, 0) is 103 Å². The summed E-state index contributed by atoms with van der Waals surface area (Å²) in [5, 5.41) is 0. The molecule has 0 spiro atoms. The third-order valence-electron chi connectivity index (χ3n) is 9.82. The van der Waals surface area contributed by atoms with Crippen LogP contribution in [0.4, 0.5) is 0 Å². The maximum absolute atomic E-state index is 13.6. The number of allylic oxidation sites excluding steroid dienone is 6. The molecule has 0 N–H and O–H groups in total. The lowest BCUT2D eigenvalue weighted by atomic mass is 9.75. The van der Waals surface area contributed by atoms with Gasteiger partial charge >= 0.3 is 0 Å². The molecule has 0 aliphatic heterocycles. The van der Waals surface area contributed by atoms with Crippen LogP contribution in [0.1, 0.15) is 103 Å². The van der Waals surface area contributed by atoms with Gasteiger partial charge in [-0.1, -0.05) is 88.0 Å². The topological polar surface area (TPSA) is 35.5 Å². The van der Waals surface area contributed by atoms with E-state index in [1.807, 2.05) is 0 Å². The predicted octanol–water partition coefficient (Wildman–Crippen LogP) is 10.6. The molecule has 0 amide bonds. The molecular weight excluding hydrogens is 516 g/mol. The van der Waals surface area contributed by atoms with Crippen LogP contribution in [0.2, 0.25) is 0 Å². The smallest absolute Gasteiger partial charge is 0.136 e. The molecule has 3 unspecified atom stereocenters. The van der Waals surface area contributed by atoms with Gasteiger partial charge < -0.3 is 9.47 Å². The van der Waals surface area contributed by atoms with Gasteiger partial charge in [0, 0.05) is 19.7 Å². The van der Waals surface area contributed by atoms with Crippen LogP contribution in [0, 0.1) is 37.5 Å². The molecule has 1 saturated carbocycles. The molecule has 4 rings (SSSR count). The van der Waals surface area contributed by atoms with Crippen LogP contribution in [0.15, 0.2) is 59.7 Å². The van der Waals surface area contributed by atoms with Crippen molar-refractivity contribution in [1.29, 1.82) is 0 Å². The van der Waals surface area contributed by atoms with Crippen molar-refractivity contribution in [3.8, 4) is 11.5 Å². The summed E-state index contributed by atoms with van der Waals surface area (Å²) in [4.78, 5) is 13.6. The van der Waals surface area contributed by atoms with Crippen LogP contribution in [-0.4, -0.2) is 20.0 Å². The Labute approximate surface area is 256 Å². The second-order valence-electron chi connectivity index (χ2n) is 12.9. The van der Waals surface area contributed by atoms with Crippen molar-refractivity contribution in [2.24, 2.45) is 23.7 Å². The molecular formula is C39H54O3. The third-order valence-corrected chi connectivity index (χ3v) is 9.82. The lowest BCUT2D eigenvalue weighted by Crippen LogP contribution is -2.24. The number of benzene rings is 2. The van der Waals surface area contributed by atoms with E-state index in [0.29, 0.717) is 5.78 Å². The summed E-state index contributed by atoms with van der Waals surface area (Å²) in [6.45, 7) is 13.2. The number of methoxy groups -OCH3 is 2. The summed E-state index contributed by atoms with van der Waals surface area (Å²) in [7, 11) is 3.47. The Morgan fingerprint density at radius 1 is 0.952 bits per heavy atom. The zero-order valence-corrected chi connectivity index (χ0v) is 27.3. The average Bonchev–Trinajstić information content (AvgIpc) is 3.49. The number of aryl methyl sites for hydroxylation is 2. The summed E-state index contributed by atoms with van der Waals surface area (Å²) in [6, 6.07) is 13.0. The van der Waals surface area contributed by atoms with Crippen LogP contribution >= 0.6 is 0 Å². The van der Waals surface area contributed by atoms with Crippen molar-refractivity contribution in [3.05, 3.63) is 82.0 Å². The second kappa shape index (κ2) is 14.4. The summed E-state index contributed by atoms with van der Waals surface area (Å²) in [5.74, 6) is 3.47. The van der Waals surface area contributed by atoms with Crippen LogP contribution in [0.5, 0.6) is 11.5 Å². The van der Waals surface area contributed by atoms with E-state index in [0.717, 1.165) is 59.8 Å². The molecule has 228 valence electrons. The minimum atomic E-state index is 0. The highest BCUT2D eigenvalue weighted by atomic mass is 16.5. The predicted molar refractivity (Wildman–Crippen MR) is 179 cm³/mol. The number of carbonyl (C=O) groups is 1. The molecule has 0 heterocycles. The number of ether oxygens (including phenoxy) is 2. The minimum Gasteiger partial charge on any atom is -0.496 e. The highest BCUT2D eigenvalue weighted by Gasteiger charge is 2.29. The summed E-state index contributed by atoms with van der Waals surface area (Å²) in [6.07, 6.45) is 13.7. The number of hydrogen-bond donors (Lipinski definition) is 0. The Bertz CT molecular complexity index is 1360. The third kappa shape index (κ3) is 7.28. The monoisotopic (exact) mass is 570 g/mol. The van der Waals surface area contributed by atoms with Crippen LogP contribution in [0.25, 0.3) is 11.1 Å². The second-order valence-corrected chi connectivity index (χ2v) is 12.9. The molecule has 0 saturated heterocycles. The van der Waals surface area contributed by atoms with Gasteiger partial charge in [-0.25, -0.2) is 0 Å². The van der Waals surface area contributed by atoms with Gasteiger partial charge in [0.25, 0.3) is 0 Å². The first-order valence-electron chi connectivity index (χ1n) is 16.1. The fourth-order valence-electron chi connectivity index (χ4n) is 7.36. The van der Waals surface area contributed by atoms with E-state index in [4.69, 9.17) is 9.47 Å². The fraction of sp³-hybridized carbons (Fsp3) is 0.513. The average molecular weight is 571 g/mol. The van der Waals surface area contributed by atoms with Crippen molar-refractivity contribution in [1.82, 2.24) is 0 Å². The van der Waals surface area contributed by atoms with E-state index >= 15 is 0 Å². The highest BCUT2D eigenvalue weighted by molar-refractivity contribution is 5.98. The molecule has 3 nitrogen and oxygen atoms in total. The van der Waals surface area contributed by atoms with Gasteiger partial charge in [0.2, 0.25) is 0 Å². The molecule has 3 heteroatoms. The van der Waals surface area contributed by atoms with Gasteiger partial charge in [0.05, 0.1) is 14.2 Å². The molecule has 2 aliphatic rings. The van der Waals surface area contributed by atoms with E-state index in [1.54, 1.807) is 14.2 Å². The molecule has 42 heavy (non-hydrogen) atoms. The maximum atomic E-state index is 13.6. The normalized spacial score (nSPS) is 23.7. The SMILES string of the molecule is CCC(C(=O)CCC1CCCC1)C(C)/C1=C/C(C)/C(c2ccc(OC)c(C)c2)=C(c2ccc(C)c(OC)c2)\C=C(\C)C1.[HH]. The maximum Gasteiger partial charge on any atom is 0.136 e. The lowest BCUT2D eigenvalue weighted by Gasteiger charge is -2.29. The fourth-order valence-corrected chi connectivity index (χ4v) is 7.36. The largest absolute Gasteiger partial charge is 0.496 e. The standard InChI is InChI=1S/C39H52O3.H2/c1-9-34(36(40)18-15-30-12-10-11-13-30)29(6)33-20-25(2)21-35(31-16-14-26(3)38(24-31)42-8)39(28(5)23-33)32-17-19-37(41-7)27(4)22-32;/h14,16-17,19,21-24,28-30,34H,9-13,15,18,20H2,1-8H3;1H/b25-21-,33-23+,39-35-;. The molecule has 1 fully saturated rings. The van der Waals surface area contributed by atoms with Gasteiger partial charge in [-0.3, -0.25) is 4.79 Å². The Morgan fingerprint density at radius 2 is 1.64 bits per heavy atom. The summed E-state index contributed by atoms with van der Waals surface area (Å²) >= 11 is 0. The van der Waals surface area contributed by atoms with Crippen LogP contribution in [-0.2, 0) is 4.79 Å². The van der Waals surface area contributed by atoms with E-state index in [2.05, 4.69) is 90.1 Å². The van der Waals surface area contributed by atoms with E-state index in [9.17, 15) is 4.79 Å². The number of Topliss-reactive ketones (excluding diaryl/α,β-unsaturated/α-hetero) is 1. The Hall–Kier alpha value is -3.07. The molecule has 0 bridgehead atoms. The molecule has 0 radical (unpaired) electrons. The Kier molecular flexibility index (Phi) is 10.9. The van der Waals surface area contributed by atoms with E-state index < -0.39 is 0 Å². The minimum absolute atomic E-state index is 0. The zero-order chi connectivity index (χ0) is 30.4. The first kappa shape index (κ1) is 31.9. The van der Waals surface area contributed by atoms with Crippen molar-refractivity contribution in [3.63, 3.8) is 0 Å². The van der Waals surface area contributed by atoms with Crippen LogP contribution in [0.3, 0.4) is 0 Å². The Morgan fingerprint density at radius 3 is 2.29 bits per heavy atom. The quantitative estimate of drug-likeness (QED) is 0.252. The molecule has 2 aromatic carbocycles. The zero-order valence-electron chi connectivity index (χ0n) is 27.3. The van der Waals surface area contributed by atoms with Crippen molar-refractivity contribution >= 4 is 16.9 Å². The van der Waals surface area contributed by atoms with Gasteiger partial charge in [-0.15, -0.1) is 0 Å². The van der Waals surface area contributed by atoms with E-state index in [-0.39, 0.29) is 19.2 Å². The number of hydrogen-bond acceptors (Lipinski definition) is 3.